The molecule has 1 heterocycles. The summed E-state index contributed by atoms with van der Waals surface area (Å²) < 4.78 is 16.4. The van der Waals surface area contributed by atoms with Crippen LogP contribution in [0.3, 0.4) is 0 Å². The fourth-order valence-corrected chi connectivity index (χ4v) is 2.85. The average Bonchev–Trinajstić information content (AvgIpc) is 2.93. The molecule has 0 amide bonds. The van der Waals surface area contributed by atoms with Crippen molar-refractivity contribution in [3.8, 4) is 0 Å². The van der Waals surface area contributed by atoms with E-state index in [0.717, 1.165) is 24.0 Å². The molecule has 3 heteroatoms. The van der Waals surface area contributed by atoms with Crippen LogP contribution in [0.5, 0.6) is 0 Å². The molecule has 0 fully saturated rings. The zero-order valence-electron chi connectivity index (χ0n) is 12.1. The highest BCUT2D eigenvalue weighted by molar-refractivity contribution is 5.80. The van der Waals surface area contributed by atoms with Gasteiger partial charge in [-0.3, -0.25) is 0 Å². The third kappa shape index (κ3) is 2.69. The molecule has 3 rings (SSSR count). The first-order valence-corrected chi connectivity index (χ1v) is 7.26. The summed E-state index contributed by atoms with van der Waals surface area (Å²) >= 11 is 0. The molecule has 0 saturated heterocycles. The molecular formula is C18H19FN2. The number of fused-ring (bicyclic) bond motifs is 1. The molecule has 3 aromatic rings. The third-order valence-electron chi connectivity index (χ3n) is 3.90. The van der Waals surface area contributed by atoms with Crippen LogP contribution < -0.4 is 5.32 Å². The molecule has 108 valence electrons. The zero-order chi connectivity index (χ0) is 14.7. The second-order valence-corrected chi connectivity index (χ2v) is 5.21. The van der Waals surface area contributed by atoms with Crippen LogP contribution in [0.25, 0.3) is 10.9 Å². The Balaban J connectivity index is 2.09. The van der Waals surface area contributed by atoms with Crippen molar-refractivity contribution in [1.82, 2.24) is 9.88 Å². The Labute approximate surface area is 124 Å². The van der Waals surface area contributed by atoms with Crippen LogP contribution in [-0.4, -0.2) is 18.2 Å². The summed E-state index contributed by atoms with van der Waals surface area (Å²) in [7, 11) is 1.92. The lowest BCUT2D eigenvalue weighted by molar-refractivity contribution is 0.504. The van der Waals surface area contributed by atoms with Crippen molar-refractivity contribution in [1.29, 1.82) is 0 Å². The van der Waals surface area contributed by atoms with Crippen molar-refractivity contribution in [2.75, 3.05) is 13.6 Å². The van der Waals surface area contributed by atoms with E-state index >= 15 is 0 Å². The molecular weight excluding hydrogens is 263 g/mol. The summed E-state index contributed by atoms with van der Waals surface area (Å²) in [5.74, 6) is -0.142. The minimum Gasteiger partial charge on any atom is -0.340 e. The van der Waals surface area contributed by atoms with E-state index in [9.17, 15) is 4.39 Å². The number of rotatable bonds is 5. The van der Waals surface area contributed by atoms with Crippen molar-refractivity contribution < 1.29 is 4.39 Å². The fourth-order valence-electron chi connectivity index (χ4n) is 2.85. The summed E-state index contributed by atoms with van der Waals surface area (Å²) in [6.45, 7) is 0.839. The summed E-state index contributed by atoms with van der Waals surface area (Å²) in [6.07, 6.45) is 2.90. The molecule has 0 radical (unpaired) electrons. The topological polar surface area (TPSA) is 17.0 Å². The van der Waals surface area contributed by atoms with Crippen LogP contribution in [0.2, 0.25) is 0 Å². The molecule has 2 nitrogen and oxygen atoms in total. The van der Waals surface area contributed by atoms with Gasteiger partial charge in [0.2, 0.25) is 0 Å². The molecule has 2 aromatic carbocycles. The van der Waals surface area contributed by atoms with Gasteiger partial charge >= 0.3 is 0 Å². The van der Waals surface area contributed by atoms with E-state index in [1.807, 2.05) is 31.3 Å². The highest BCUT2D eigenvalue weighted by atomic mass is 19.1. The van der Waals surface area contributed by atoms with Gasteiger partial charge in [0.1, 0.15) is 5.82 Å². The lowest BCUT2D eigenvalue weighted by Crippen LogP contribution is -2.18. The van der Waals surface area contributed by atoms with Crippen LogP contribution in [0.4, 0.5) is 4.39 Å². The molecule has 1 aromatic heterocycles. The first-order chi connectivity index (χ1) is 10.3. The van der Waals surface area contributed by atoms with E-state index < -0.39 is 0 Å². The number of aromatic nitrogens is 1. The van der Waals surface area contributed by atoms with Crippen LogP contribution in [0, 0.1) is 5.82 Å². The van der Waals surface area contributed by atoms with Gasteiger partial charge in [0.15, 0.2) is 0 Å². The molecule has 0 spiro atoms. The van der Waals surface area contributed by atoms with E-state index in [4.69, 9.17) is 0 Å². The first kappa shape index (κ1) is 13.8. The molecule has 0 aliphatic rings. The standard InChI is InChI=1S/C18H19FN2/c1-20-12-10-18(15-7-3-4-8-16(15)19)21-13-11-14-6-2-5-9-17(14)21/h2-9,11,13,18,20H,10,12H2,1H3. The molecule has 0 aliphatic carbocycles. The van der Waals surface area contributed by atoms with Gasteiger partial charge in [0, 0.05) is 17.3 Å². The Kier molecular flexibility index (Phi) is 4.02. The smallest absolute Gasteiger partial charge is 0.128 e. The zero-order valence-corrected chi connectivity index (χ0v) is 12.1. The number of hydrogen-bond donors (Lipinski definition) is 1. The Bertz CT molecular complexity index is 733. The van der Waals surface area contributed by atoms with Crippen molar-refractivity contribution in [2.45, 2.75) is 12.5 Å². The minimum absolute atomic E-state index is 0.00134. The van der Waals surface area contributed by atoms with Gasteiger partial charge < -0.3 is 9.88 Å². The van der Waals surface area contributed by atoms with Gasteiger partial charge in [0.25, 0.3) is 0 Å². The Hall–Kier alpha value is -2.13. The van der Waals surface area contributed by atoms with Gasteiger partial charge in [-0.2, -0.15) is 0 Å². The predicted octanol–water partition coefficient (Wildman–Crippen LogP) is 3.98. The summed E-state index contributed by atoms with van der Waals surface area (Å²) in [4.78, 5) is 0. The van der Waals surface area contributed by atoms with Gasteiger partial charge in [-0.15, -0.1) is 0 Å². The maximum absolute atomic E-state index is 14.2. The fraction of sp³-hybridized carbons (Fsp3) is 0.222. The van der Waals surface area contributed by atoms with Gasteiger partial charge in [-0.25, -0.2) is 4.39 Å². The number of para-hydroxylation sites is 1. The second kappa shape index (κ2) is 6.10. The van der Waals surface area contributed by atoms with Crippen molar-refractivity contribution in [2.24, 2.45) is 0 Å². The van der Waals surface area contributed by atoms with E-state index in [1.54, 1.807) is 6.07 Å². The number of nitrogens with one attached hydrogen (secondary N) is 1. The monoisotopic (exact) mass is 282 g/mol. The van der Waals surface area contributed by atoms with E-state index in [0.29, 0.717) is 0 Å². The van der Waals surface area contributed by atoms with Crippen LogP contribution in [0.1, 0.15) is 18.0 Å². The quantitative estimate of drug-likeness (QED) is 0.749. The highest BCUT2D eigenvalue weighted by Crippen LogP contribution is 2.29. The Morgan fingerprint density at radius 2 is 1.81 bits per heavy atom. The van der Waals surface area contributed by atoms with Gasteiger partial charge in [-0.1, -0.05) is 36.4 Å². The number of halogens is 1. The largest absolute Gasteiger partial charge is 0.340 e. The minimum atomic E-state index is -0.142. The highest BCUT2D eigenvalue weighted by Gasteiger charge is 2.18. The molecule has 1 atom stereocenters. The molecule has 1 unspecified atom stereocenters. The lowest BCUT2D eigenvalue weighted by atomic mass is 10.0. The van der Waals surface area contributed by atoms with Crippen LogP contribution in [0.15, 0.2) is 60.8 Å². The second-order valence-electron chi connectivity index (χ2n) is 5.21. The van der Waals surface area contributed by atoms with Crippen molar-refractivity contribution in [3.05, 3.63) is 72.2 Å². The molecule has 21 heavy (non-hydrogen) atoms. The van der Waals surface area contributed by atoms with Gasteiger partial charge in [0.05, 0.1) is 6.04 Å². The maximum atomic E-state index is 14.2. The van der Waals surface area contributed by atoms with Crippen molar-refractivity contribution in [3.63, 3.8) is 0 Å². The summed E-state index contributed by atoms with van der Waals surface area (Å²) in [6, 6.07) is 17.4. The summed E-state index contributed by atoms with van der Waals surface area (Å²) in [5, 5.41) is 4.35. The number of nitrogens with zero attached hydrogens (tertiary/aromatic N) is 1. The van der Waals surface area contributed by atoms with Crippen molar-refractivity contribution >= 4 is 10.9 Å². The van der Waals surface area contributed by atoms with E-state index in [2.05, 4.69) is 34.3 Å². The van der Waals surface area contributed by atoms with Crippen LogP contribution in [-0.2, 0) is 0 Å². The molecule has 0 aliphatic heterocycles. The molecule has 0 bridgehead atoms. The normalized spacial score (nSPS) is 12.7. The summed E-state index contributed by atoms with van der Waals surface area (Å²) in [5.41, 5.74) is 1.89. The number of benzene rings is 2. The predicted molar refractivity (Wildman–Crippen MR) is 85.0 cm³/mol. The third-order valence-corrected chi connectivity index (χ3v) is 3.90. The molecule has 1 N–H and O–H groups in total. The maximum Gasteiger partial charge on any atom is 0.128 e. The lowest BCUT2D eigenvalue weighted by Gasteiger charge is -2.21. The average molecular weight is 282 g/mol. The van der Waals surface area contributed by atoms with Crippen LogP contribution >= 0.6 is 0 Å². The van der Waals surface area contributed by atoms with E-state index in [-0.39, 0.29) is 11.9 Å². The first-order valence-electron chi connectivity index (χ1n) is 7.26. The van der Waals surface area contributed by atoms with Gasteiger partial charge in [-0.05, 0) is 43.6 Å². The molecule has 0 saturated carbocycles. The Morgan fingerprint density at radius 3 is 2.62 bits per heavy atom. The van der Waals surface area contributed by atoms with E-state index in [1.165, 1.54) is 11.5 Å². The number of hydrogen-bond acceptors (Lipinski definition) is 1. The Morgan fingerprint density at radius 1 is 1.05 bits per heavy atom. The SMILES string of the molecule is CNCCC(c1ccccc1F)n1ccc2ccccc21.